The van der Waals surface area contributed by atoms with Crippen LogP contribution >= 0.6 is 15.9 Å². The number of rotatable bonds is 6. The molecule has 7 nitrogen and oxygen atoms in total. The molecular weight excluding hydrogens is 484 g/mol. The van der Waals surface area contributed by atoms with Crippen molar-refractivity contribution < 1.29 is 14.7 Å². The lowest BCUT2D eigenvalue weighted by atomic mass is 9.96. The summed E-state index contributed by atoms with van der Waals surface area (Å²) >= 11 is 3.44. The second-order valence-corrected chi connectivity index (χ2v) is 9.55. The molecule has 0 bridgehead atoms. The van der Waals surface area contributed by atoms with Crippen LogP contribution in [0.25, 0.3) is 11.4 Å². The first-order chi connectivity index (χ1) is 15.7. The van der Waals surface area contributed by atoms with Gasteiger partial charge in [-0.1, -0.05) is 34.1 Å². The zero-order valence-corrected chi connectivity index (χ0v) is 20.8. The minimum absolute atomic E-state index is 0.0959. The van der Waals surface area contributed by atoms with Gasteiger partial charge in [-0.2, -0.15) is 0 Å². The van der Waals surface area contributed by atoms with E-state index < -0.39 is 17.7 Å². The Morgan fingerprint density at radius 2 is 1.85 bits per heavy atom. The molecule has 0 spiro atoms. The van der Waals surface area contributed by atoms with Crippen LogP contribution in [0.1, 0.15) is 35.0 Å². The Morgan fingerprint density at radius 3 is 2.52 bits per heavy atom. The van der Waals surface area contributed by atoms with Crippen molar-refractivity contribution in [2.24, 2.45) is 0 Å². The summed E-state index contributed by atoms with van der Waals surface area (Å²) in [6, 6.07) is 10.6. The SMILES string of the molecule is Cc1nc2c(C)cccn2c1C(O)=C1C(=O)C(=O)N(CCCN(C)C)[C@@H]1c1ccc(Br)cc1. The van der Waals surface area contributed by atoms with Crippen LogP contribution in [-0.2, 0) is 9.59 Å². The zero-order valence-electron chi connectivity index (χ0n) is 19.2. The van der Waals surface area contributed by atoms with Crippen LogP contribution in [0.3, 0.4) is 0 Å². The molecule has 172 valence electrons. The third-order valence-electron chi connectivity index (χ3n) is 5.97. The fraction of sp³-hybridized carbons (Fsp3) is 0.320. The molecule has 1 aromatic carbocycles. The first-order valence-corrected chi connectivity index (χ1v) is 11.6. The van der Waals surface area contributed by atoms with Crippen molar-refractivity contribution in [2.45, 2.75) is 26.3 Å². The van der Waals surface area contributed by atoms with Gasteiger partial charge in [-0.05, 0) is 70.2 Å². The Morgan fingerprint density at radius 1 is 1.15 bits per heavy atom. The number of ketones is 1. The third kappa shape index (κ3) is 4.20. The normalized spacial score (nSPS) is 18.1. The van der Waals surface area contributed by atoms with Gasteiger partial charge in [0.2, 0.25) is 0 Å². The van der Waals surface area contributed by atoms with Crippen LogP contribution in [0.4, 0.5) is 0 Å². The number of carbonyl (C=O) groups is 2. The highest BCUT2D eigenvalue weighted by molar-refractivity contribution is 9.10. The van der Waals surface area contributed by atoms with Crippen LogP contribution in [0.5, 0.6) is 0 Å². The predicted molar refractivity (Wildman–Crippen MR) is 131 cm³/mol. The molecular formula is C25H27BrN4O3. The standard InChI is InChI=1S/C25H27BrN4O3/c1-15-7-5-13-29-20(16(2)27-24(15)29)22(31)19-21(17-8-10-18(26)11-9-17)30(25(33)23(19)32)14-6-12-28(3)4/h5,7-11,13,21,31H,6,12,14H2,1-4H3/t21-/m1/s1. The number of pyridine rings is 1. The van der Waals surface area contributed by atoms with Crippen molar-refractivity contribution in [1.82, 2.24) is 19.2 Å². The molecule has 3 heterocycles. The maximum absolute atomic E-state index is 13.3. The number of nitrogens with zero attached hydrogens (tertiary/aromatic N) is 4. The van der Waals surface area contributed by atoms with E-state index in [1.54, 1.807) is 22.4 Å². The second kappa shape index (κ2) is 9.11. The van der Waals surface area contributed by atoms with Crippen LogP contribution in [0, 0.1) is 13.8 Å². The molecule has 3 aromatic rings. The molecule has 0 aliphatic carbocycles. The smallest absolute Gasteiger partial charge is 0.295 e. The fourth-order valence-electron chi connectivity index (χ4n) is 4.39. The van der Waals surface area contributed by atoms with E-state index in [0.29, 0.717) is 30.0 Å². The highest BCUT2D eigenvalue weighted by Gasteiger charge is 2.46. The minimum Gasteiger partial charge on any atom is -0.505 e. The Bertz CT molecular complexity index is 1260. The van der Waals surface area contributed by atoms with Gasteiger partial charge in [-0.3, -0.25) is 14.0 Å². The molecule has 4 rings (SSSR count). The van der Waals surface area contributed by atoms with Gasteiger partial charge in [0.05, 0.1) is 17.3 Å². The number of aliphatic hydroxyl groups is 1. The van der Waals surface area contributed by atoms with Crippen LogP contribution < -0.4 is 0 Å². The topological polar surface area (TPSA) is 78.1 Å². The lowest BCUT2D eigenvalue weighted by molar-refractivity contribution is -0.139. The quantitative estimate of drug-likeness (QED) is 0.307. The molecule has 1 amide bonds. The average molecular weight is 511 g/mol. The number of amides is 1. The van der Waals surface area contributed by atoms with E-state index in [0.717, 1.165) is 22.1 Å². The number of Topliss-reactive ketones (excluding diaryl/α,β-unsaturated/α-hetero) is 1. The monoisotopic (exact) mass is 510 g/mol. The highest BCUT2D eigenvalue weighted by Crippen LogP contribution is 2.40. The summed E-state index contributed by atoms with van der Waals surface area (Å²) in [5, 5.41) is 11.5. The van der Waals surface area contributed by atoms with Crippen molar-refractivity contribution in [2.75, 3.05) is 27.2 Å². The first kappa shape index (κ1) is 23.2. The van der Waals surface area contributed by atoms with Crippen molar-refractivity contribution in [1.29, 1.82) is 0 Å². The molecule has 0 saturated carbocycles. The summed E-state index contributed by atoms with van der Waals surface area (Å²) in [5.41, 5.74) is 3.55. The number of aromatic nitrogens is 2. The molecule has 1 saturated heterocycles. The molecule has 33 heavy (non-hydrogen) atoms. The van der Waals surface area contributed by atoms with Gasteiger partial charge in [-0.15, -0.1) is 0 Å². The van der Waals surface area contributed by atoms with Crippen molar-refractivity contribution >= 4 is 39.0 Å². The predicted octanol–water partition coefficient (Wildman–Crippen LogP) is 4.09. The lowest BCUT2D eigenvalue weighted by Crippen LogP contribution is -2.32. The maximum atomic E-state index is 13.3. The van der Waals surface area contributed by atoms with Crippen molar-refractivity contribution in [3.63, 3.8) is 0 Å². The first-order valence-electron chi connectivity index (χ1n) is 10.8. The number of fused-ring (bicyclic) bond motifs is 1. The number of hydrogen-bond donors (Lipinski definition) is 1. The van der Waals surface area contributed by atoms with Gasteiger partial charge in [0, 0.05) is 17.2 Å². The number of aryl methyl sites for hydroxylation is 2. The Labute approximate surface area is 201 Å². The number of halogens is 1. The number of likely N-dealkylation sites (tertiary alicyclic amines) is 1. The minimum atomic E-state index is -0.674. The Kier molecular flexibility index (Phi) is 6.41. The maximum Gasteiger partial charge on any atom is 0.295 e. The summed E-state index contributed by atoms with van der Waals surface area (Å²) in [7, 11) is 3.94. The summed E-state index contributed by atoms with van der Waals surface area (Å²) in [6.07, 6.45) is 2.51. The number of carbonyl (C=O) groups excluding carboxylic acids is 2. The zero-order chi connectivity index (χ0) is 23.9. The van der Waals surface area contributed by atoms with Gasteiger partial charge in [-0.25, -0.2) is 4.98 Å². The van der Waals surface area contributed by atoms with E-state index in [2.05, 4.69) is 20.9 Å². The Hall–Kier alpha value is -2.97. The number of imidazole rings is 1. The van der Waals surface area contributed by atoms with Crippen LogP contribution in [-0.4, -0.2) is 63.2 Å². The third-order valence-corrected chi connectivity index (χ3v) is 6.50. The van der Waals surface area contributed by atoms with Crippen LogP contribution in [0.15, 0.2) is 52.6 Å². The van der Waals surface area contributed by atoms with Crippen molar-refractivity contribution in [3.8, 4) is 0 Å². The van der Waals surface area contributed by atoms with Crippen molar-refractivity contribution in [3.05, 3.63) is 75.2 Å². The molecule has 0 unspecified atom stereocenters. The summed E-state index contributed by atoms with van der Waals surface area (Å²) < 4.78 is 2.67. The highest BCUT2D eigenvalue weighted by atomic mass is 79.9. The molecule has 1 aliphatic heterocycles. The molecule has 1 fully saturated rings. The molecule has 2 aromatic heterocycles. The molecule has 1 aliphatic rings. The largest absolute Gasteiger partial charge is 0.505 e. The van der Waals surface area contributed by atoms with Gasteiger partial charge in [0.1, 0.15) is 11.3 Å². The number of aliphatic hydroxyl groups excluding tert-OH is 1. The summed E-state index contributed by atoms with van der Waals surface area (Å²) in [4.78, 5) is 34.6. The van der Waals surface area contributed by atoms with E-state index in [4.69, 9.17) is 0 Å². The summed E-state index contributed by atoms with van der Waals surface area (Å²) in [5.74, 6) is -1.47. The van der Waals surface area contributed by atoms with E-state index in [9.17, 15) is 14.7 Å². The molecule has 1 N–H and O–H groups in total. The van der Waals surface area contributed by atoms with Gasteiger partial charge in [0.15, 0.2) is 5.76 Å². The fourth-order valence-corrected chi connectivity index (χ4v) is 4.65. The van der Waals surface area contributed by atoms with Gasteiger partial charge < -0.3 is 14.9 Å². The van der Waals surface area contributed by atoms with Gasteiger partial charge in [0.25, 0.3) is 11.7 Å². The Balaban J connectivity index is 1.89. The molecule has 8 heteroatoms. The van der Waals surface area contributed by atoms with E-state index >= 15 is 0 Å². The molecule has 1 atom stereocenters. The van der Waals surface area contributed by atoms with E-state index in [1.807, 2.05) is 62.3 Å². The average Bonchev–Trinajstić information content (AvgIpc) is 3.23. The van der Waals surface area contributed by atoms with E-state index in [1.165, 1.54) is 0 Å². The van der Waals surface area contributed by atoms with Gasteiger partial charge >= 0.3 is 0 Å². The van der Waals surface area contributed by atoms with Crippen LogP contribution in [0.2, 0.25) is 0 Å². The molecule has 0 radical (unpaired) electrons. The lowest BCUT2D eigenvalue weighted by Gasteiger charge is -2.26. The number of hydrogen-bond acceptors (Lipinski definition) is 5. The summed E-state index contributed by atoms with van der Waals surface area (Å²) in [6.45, 7) is 4.92. The number of benzene rings is 1. The second-order valence-electron chi connectivity index (χ2n) is 8.63. The van der Waals surface area contributed by atoms with E-state index in [-0.39, 0.29) is 11.3 Å².